The van der Waals surface area contributed by atoms with E-state index in [0.717, 1.165) is 17.5 Å². The Morgan fingerprint density at radius 1 is 1.14 bits per heavy atom. The average molecular weight is 506 g/mol. The van der Waals surface area contributed by atoms with Crippen molar-refractivity contribution in [3.8, 4) is 17.0 Å². The van der Waals surface area contributed by atoms with Gasteiger partial charge in [-0.1, -0.05) is 28.5 Å². The van der Waals surface area contributed by atoms with Crippen LogP contribution in [0.5, 0.6) is 5.75 Å². The number of anilines is 2. The van der Waals surface area contributed by atoms with Crippen molar-refractivity contribution in [2.45, 2.75) is 12.8 Å². The van der Waals surface area contributed by atoms with Crippen molar-refractivity contribution in [1.29, 1.82) is 0 Å². The molecule has 1 aliphatic rings. The second-order valence-corrected chi connectivity index (χ2v) is 8.38. The first-order chi connectivity index (χ1) is 18.1. The lowest BCUT2D eigenvalue weighted by Crippen LogP contribution is -2.54. The number of carbonyl (C=O) groups excluding carboxylic acids is 2. The van der Waals surface area contributed by atoms with Gasteiger partial charge in [-0.25, -0.2) is 4.39 Å². The third kappa shape index (κ3) is 5.61. The molecule has 4 aromatic rings. The minimum absolute atomic E-state index is 0.00913. The van der Waals surface area contributed by atoms with Gasteiger partial charge in [0.05, 0.1) is 13.1 Å². The number of para-hydroxylation sites is 1. The fourth-order valence-corrected chi connectivity index (χ4v) is 4.08. The van der Waals surface area contributed by atoms with Crippen molar-refractivity contribution in [1.82, 2.24) is 15.2 Å². The van der Waals surface area contributed by atoms with Gasteiger partial charge in [0.2, 0.25) is 0 Å². The van der Waals surface area contributed by atoms with Crippen LogP contribution in [0.25, 0.3) is 11.3 Å². The number of halogens is 1. The molecule has 37 heavy (non-hydrogen) atoms. The van der Waals surface area contributed by atoms with Gasteiger partial charge in [-0.05, 0) is 30.3 Å². The zero-order chi connectivity index (χ0) is 25.6. The highest BCUT2D eigenvalue weighted by Gasteiger charge is 2.31. The Hall–Kier alpha value is -4.67. The highest BCUT2D eigenvalue weighted by atomic mass is 19.1. The Morgan fingerprint density at radius 3 is 2.73 bits per heavy atom. The van der Waals surface area contributed by atoms with Crippen LogP contribution in [-0.4, -0.2) is 59.9 Å². The molecule has 1 saturated heterocycles. The van der Waals surface area contributed by atoms with Crippen LogP contribution in [-0.2, 0) is 11.3 Å². The molecule has 3 heterocycles. The monoisotopic (exact) mass is 505 g/mol. The minimum atomic E-state index is -1.50. The molecule has 1 aliphatic heterocycles. The van der Waals surface area contributed by atoms with E-state index >= 15 is 4.39 Å². The molecule has 1 fully saturated rings. The summed E-state index contributed by atoms with van der Waals surface area (Å²) in [5, 5.41) is 11.1. The molecular formula is C26H24FN5O5. The first-order valence-electron chi connectivity index (χ1n) is 11.7. The molecule has 1 amide bonds. The van der Waals surface area contributed by atoms with Crippen LogP contribution in [0.3, 0.4) is 0 Å². The smallest absolute Gasteiger partial charge is 0.262 e. The maximum Gasteiger partial charge on any atom is 0.262 e. The Labute approximate surface area is 211 Å². The predicted molar refractivity (Wildman–Crippen MR) is 132 cm³/mol. The quantitative estimate of drug-likeness (QED) is 0.268. The van der Waals surface area contributed by atoms with E-state index in [-0.39, 0.29) is 19.7 Å². The third-order valence-electron chi connectivity index (χ3n) is 5.98. The van der Waals surface area contributed by atoms with Crippen LogP contribution in [0.4, 0.5) is 15.9 Å². The summed E-state index contributed by atoms with van der Waals surface area (Å²) in [4.78, 5) is 26.5. The summed E-state index contributed by atoms with van der Waals surface area (Å²) in [6.07, 6.45) is 0.687. The van der Waals surface area contributed by atoms with Gasteiger partial charge in [-0.3, -0.25) is 9.59 Å². The summed E-state index contributed by atoms with van der Waals surface area (Å²) in [6.45, 7) is 0.734. The van der Waals surface area contributed by atoms with Crippen molar-refractivity contribution in [3.63, 3.8) is 0 Å². The molecule has 2 aromatic heterocycles. The number of nitrogens with zero attached hydrogens (tertiary/aromatic N) is 4. The molecular weight excluding hydrogens is 481 g/mol. The van der Waals surface area contributed by atoms with Crippen LogP contribution in [0.15, 0.2) is 76.0 Å². The third-order valence-corrected chi connectivity index (χ3v) is 5.98. The summed E-state index contributed by atoms with van der Waals surface area (Å²) in [6, 6.07) is 17.4. The van der Waals surface area contributed by atoms with E-state index in [9.17, 15) is 9.59 Å². The van der Waals surface area contributed by atoms with Gasteiger partial charge < -0.3 is 28.9 Å². The molecule has 11 heteroatoms. The number of amides is 1. The number of ether oxygens (including phenoxy) is 1. The van der Waals surface area contributed by atoms with E-state index in [4.69, 9.17) is 13.8 Å². The Morgan fingerprint density at radius 2 is 1.97 bits per heavy atom. The summed E-state index contributed by atoms with van der Waals surface area (Å²) >= 11 is 0. The lowest BCUT2D eigenvalue weighted by atomic mass is 10.1. The maximum absolute atomic E-state index is 15.1. The van der Waals surface area contributed by atoms with Crippen molar-refractivity contribution in [2.75, 3.05) is 36.5 Å². The number of aromatic nitrogens is 2. The van der Waals surface area contributed by atoms with Crippen LogP contribution in [0.2, 0.25) is 0 Å². The number of hydrogen-bond acceptors (Lipinski definition) is 9. The summed E-state index contributed by atoms with van der Waals surface area (Å²) in [5.41, 5.74) is 2.72. The normalized spacial score (nSPS) is 15.4. The maximum atomic E-state index is 15.1. The zero-order valence-electron chi connectivity index (χ0n) is 19.7. The largest absolute Gasteiger partial charge is 0.484 e. The molecule has 0 bridgehead atoms. The Kier molecular flexibility index (Phi) is 7.11. The van der Waals surface area contributed by atoms with Crippen LogP contribution < -0.4 is 15.0 Å². The molecule has 1 unspecified atom stereocenters. The van der Waals surface area contributed by atoms with Crippen molar-refractivity contribution in [3.05, 3.63) is 78.3 Å². The van der Waals surface area contributed by atoms with Gasteiger partial charge in [-0.15, -0.1) is 0 Å². The molecule has 1 atom stereocenters. The Bertz CT molecular complexity index is 1340. The second-order valence-electron chi connectivity index (χ2n) is 8.38. The minimum Gasteiger partial charge on any atom is -0.484 e. The van der Waals surface area contributed by atoms with Crippen LogP contribution in [0.1, 0.15) is 16.1 Å². The van der Waals surface area contributed by atoms with E-state index in [2.05, 4.69) is 15.6 Å². The van der Waals surface area contributed by atoms with Crippen LogP contribution in [0, 0.1) is 0 Å². The number of alkyl halides is 1. The standard InChI is InChI=1S/C26H24FN5O5/c27-24-15-31(10-11-32(24)26(34)17-35-19-7-5-18(16-33)6-8-19)23-4-2-1-3-21(23)22-13-20(37-29-22)14-28-25-9-12-36-30-25/h1-9,12-13,16,24H,10-11,14-15,17H2,(H,28,30). The zero-order valence-corrected chi connectivity index (χ0v) is 19.7. The van der Waals surface area contributed by atoms with Crippen molar-refractivity contribution < 1.29 is 27.8 Å². The molecule has 10 nitrogen and oxygen atoms in total. The van der Waals surface area contributed by atoms with Gasteiger partial charge >= 0.3 is 0 Å². The number of benzene rings is 2. The first kappa shape index (κ1) is 24.0. The molecule has 190 valence electrons. The van der Waals surface area contributed by atoms with Gasteiger partial charge in [0.25, 0.3) is 5.91 Å². The highest BCUT2D eigenvalue weighted by Crippen LogP contribution is 2.32. The lowest BCUT2D eigenvalue weighted by Gasteiger charge is -2.39. The fraction of sp³-hybridized carbons (Fsp3) is 0.231. The van der Waals surface area contributed by atoms with E-state index in [1.54, 1.807) is 30.3 Å². The van der Waals surface area contributed by atoms with Gasteiger partial charge in [0, 0.05) is 42.0 Å². The van der Waals surface area contributed by atoms with Gasteiger partial charge in [0.1, 0.15) is 24.0 Å². The van der Waals surface area contributed by atoms with Crippen LogP contribution >= 0.6 is 0 Å². The molecule has 0 aliphatic carbocycles. The summed E-state index contributed by atoms with van der Waals surface area (Å²) in [7, 11) is 0. The molecule has 5 rings (SSSR count). The van der Waals surface area contributed by atoms with E-state index in [1.165, 1.54) is 11.2 Å². The predicted octanol–water partition coefficient (Wildman–Crippen LogP) is 3.78. The number of hydrogen-bond donors (Lipinski definition) is 1. The number of piperazine rings is 1. The first-order valence-corrected chi connectivity index (χ1v) is 11.7. The van der Waals surface area contributed by atoms with Crippen molar-refractivity contribution in [2.24, 2.45) is 0 Å². The molecule has 1 N–H and O–H groups in total. The number of nitrogens with one attached hydrogen (secondary N) is 1. The number of carbonyl (C=O) groups is 2. The van der Waals surface area contributed by atoms with E-state index in [0.29, 0.717) is 41.7 Å². The van der Waals surface area contributed by atoms with E-state index in [1.807, 2.05) is 35.2 Å². The fourth-order valence-electron chi connectivity index (χ4n) is 4.08. The number of aldehydes is 1. The summed E-state index contributed by atoms with van der Waals surface area (Å²) in [5.74, 6) is 1.18. The van der Waals surface area contributed by atoms with Gasteiger partial charge in [-0.2, -0.15) is 0 Å². The molecule has 0 spiro atoms. The molecule has 2 aromatic carbocycles. The average Bonchev–Trinajstić information content (AvgIpc) is 3.63. The lowest BCUT2D eigenvalue weighted by molar-refractivity contribution is -0.139. The van der Waals surface area contributed by atoms with Crippen molar-refractivity contribution >= 4 is 23.7 Å². The number of rotatable bonds is 9. The Balaban J connectivity index is 1.21. The second kappa shape index (κ2) is 10.9. The molecule has 0 radical (unpaired) electrons. The SMILES string of the molecule is O=Cc1ccc(OCC(=O)N2CCN(c3ccccc3-c3cc(CNc4ccon4)on3)CC2F)cc1. The van der Waals surface area contributed by atoms with Gasteiger partial charge in [0.15, 0.2) is 24.5 Å². The molecule has 0 saturated carbocycles. The highest BCUT2D eigenvalue weighted by molar-refractivity contribution is 5.80. The summed E-state index contributed by atoms with van der Waals surface area (Å²) < 4.78 is 30.9. The topological polar surface area (TPSA) is 114 Å². The van der Waals surface area contributed by atoms with E-state index < -0.39 is 12.2 Å².